The first kappa shape index (κ1) is 48.0. The number of ether oxygens (including phenoxy) is 2. The fourth-order valence-electron chi connectivity index (χ4n) is 5.36. The predicted octanol–water partition coefficient (Wildman–Crippen LogP) is 12.0. The van der Waals surface area contributed by atoms with Crippen LogP contribution in [0.5, 0.6) is 0 Å². The van der Waals surface area contributed by atoms with Crippen LogP contribution in [-0.2, 0) is 28.2 Å². The van der Waals surface area contributed by atoms with Gasteiger partial charge in [-0.1, -0.05) is 159 Å². The molecule has 9 heteroatoms. The van der Waals surface area contributed by atoms with E-state index in [0.29, 0.717) is 12.8 Å². The Bertz CT molecular complexity index is 952. The Labute approximate surface area is 305 Å². The van der Waals surface area contributed by atoms with E-state index in [1.807, 2.05) is 12.2 Å². The summed E-state index contributed by atoms with van der Waals surface area (Å²) >= 11 is 0. The summed E-state index contributed by atoms with van der Waals surface area (Å²) in [5.74, 6) is -0.968. The molecule has 0 spiro atoms. The third-order valence-corrected chi connectivity index (χ3v) is 8.85. The van der Waals surface area contributed by atoms with Crippen LogP contribution in [0.4, 0.5) is 0 Å². The molecule has 1 unspecified atom stereocenters. The molecule has 290 valence electrons. The topological polar surface area (TPSA) is 119 Å². The number of hydrogen-bond acceptors (Lipinski definition) is 6. The highest BCUT2D eigenvalue weighted by atomic mass is 31.2. The highest BCUT2D eigenvalue weighted by Crippen LogP contribution is 2.36. The van der Waals surface area contributed by atoms with Crippen molar-refractivity contribution in [2.45, 2.75) is 187 Å². The van der Waals surface area contributed by atoms with Gasteiger partial charge in [0.1, 0.15) is 6.61 Å². The Kier molecular flexibility index (Phi) is 35.3. The number of phosphoric acid groups is 1. The SMILES string of the molecule is CCCCC/C=C/C=C/CCCCCCCCCCCCC(=O)OCC(COP(=O)(O)O)OC(=O)CC/C=C/C/C=C/CCCCCCCC. The number of phosphoric ester groups is 1. The van der Waals surface area contributed by atoms with Crippen LogP contribution in [0.3, 0.4) is 0 Å². The van der Waals surface area contributed by atoms with E-state index in [-0.39, 0.29) is 19.4 Å². The molecular weight excluding hydrogens is 651 g/mol. The van der Waals surface area contributed by atoms with E-state index in [1.54, 1.807) is 0 Å². The highest BCUT2D eigenvalue weighted by molar-refractivity contribution is 7.46. The fourth-order valence-corrected chi connectivity index (χ4v) is 5.72. The zero-order valence-corrected chi connectivity index (χ0v) is 32.7. The van der Waals surface area contributed by atoms with E-state index >= 15 is 0 Å². The lowest BCUT2D eigenvalue weighted by atomic mass is 10.1. The van der Waals surface area contributed by atoms with Crippen LogP contribution in [0.2, 0.25) is 0 Å². The van der Waals surface area contributed by atoms with E-state index in [9.17, 15) is 14.2 Å². The molecule has 2 N–H and O–H groups in total. The van der Waals surface area contributed by atoms with Gasteiger partial charge in [-0.15, -0.1) is 0 Å². The Balaban J connectivity index is 3.98. The van der Waals surface area contributed by atoms with Crippen LogP contribution in [0.25, 0.3) is 0 Å². The first-order chi connectivity index (χ1) is 24.3. The van der Waals surface area contributed by atoms with E-state index in [2.05, 4.69) is 54.8 Å². The molecule has 0 saturated heterocycles. The fraction of sp³-hybridized carbons (Fsp3) is 0.756. The van der Waals surface area contributed by atoms with Crippen molar-refractivity contribution in [2.24, 2.45) is 0 Å². The summed E-state index contributed by atoms with van der Waals surface area (Å²) in [7, 11) is -4.77. The Morgan fingerprint density at radius 2 is 1.00 bits per heavy atom. The van der Waals surface area contributed by atoms with Crippen LogP contribution in [-0.4, -0.2) is 41.0 Å². The predicted molar refractivity (Wildman–Crippen MR) is 207 cm³/mol. The molecule has 0 rings (SSSR count). The second-order valence-electron chi connectivity index (χ2n) is 13.3. The molecule has 0 amide bonds. The van der Waals surface area contributed by atoms with Crippen LogP contribution in [0.15, 0.2) is 48.6 Å². The molecule has 0 aromatic carbocycles. The van der Waals surface area contributed by atoms with Crippen molar-refractivity contribution in [1.82, 2.24) is 0 Å². The van der Waals surface area contributed by atoms with E-state index < -0.39 is 32.5 Å². The van der Waals surface area contributed by atoms with E-state index in [4.69, 9.17) is 19.3 Å². The largest absolute Gasteiger partial charge is 0.469 e. The maximum absolute atomic E-state index is 12.3. The van der Waals surface area contributed by atoms with Gasteiger partial charge in [-0.25, -0.2) is 4.57 Å². The third-order valence-electron chi connectivity index (χ3n) is 8.36. The van der Waals surface area contributed by atoms with Crippen molar-refractivity contribution >= 4 is 19.8 Å². The van der Waals surface area contributed by atoms with Gasteiger partial charge in [0.25, 0.3) is 0 Å². The molecule has 0 fully saturated rings. The van der Waals surface area contributed by atoms with Gasteiger partial charge in [0.05, 0.1) is 6.61 Å². The monoisotopic (exact) mass is 725 g/mol. The normalized spacial score (nSPS) is 13.0. The number of unbranched alkanes of at least 4 members (excludes halogenated alkanes) is 19. The Morgan fingerprint density at radius 3 is 1.56 bits per heavy atom. The number of esters is 2. The van der Waals surface area contributed by atoms with Gasteiger partial charge < -0.3 is 19.3 Å². The number of allylic oxidation sites excluding steroid dienone is 8. The maximum Gasteiger partial charge on any atom is 0.469 e. The van der Waals surface area contributed by atoms with Gasteiger partial charge >= 0.3 is 19.8 Å². The van der Waals surface area contributed by atoms with Crippen molar-refractivity contribution in [1.29, 1.82) is 0 Å². The summed E-state index contributed by atoms with van der Waals surface area (Å²) in [5, 5.41) is 0. The van der Waals surface area contributed by atoms with Gasteiger partial charge in [0, 0.05) is 12.8 Å². The van der Waals surface area contributed by atoms with Crippen molar-refractivity contribution in [2.75, 3.05) is 13.2 Å². The smallest absolute Gasteiger partial charge is 0.462 e. The van der Waals surface area contributed by atoms with Crippen molar-refractivity contribution in [3.8, 4) is 0 Å². The van der Waals surface area contributed by atoms with Gasteiger partial charge in [0.2, 0.25) is 0 Å². The maximum atomic E-state index is 12.3. The Hall–Kier alpha value is -1.99. The number of hydrogen-bond donors (Lipinski definition) is 2. The summed E-state index contributed by atoms with van der Waals surface area (Å²) < 4.78 is 26.3. The average Bonchev–Trinajstić information content (AvgIpc) is 3.08. The third kappa shape index (κ3) is 38.8. The molecule has 50 heavy (non-hydrogen) atoms. The summed E-state index contributed by atoms with van der Waals surface area (Å²) in [6.07, 6.45) is 44.2. The van der Waals surface area contributed by atoms with Crippen molar-refractivity contribution in [3.63, 3.8) is 0 Å². The molecule has 0 heterocycles. The van der Waals surface area contributed by atoms with Crippen LogP contribution in [0.1, 0.15) is 181 Å². The minimum atomic E-state index is -4.77. The average molecular weight is 725 g/mol. The number of carbonyl (C=O) groups excluding carboxylic acids is 2. The molecule has 0 aliphatic rings. The number of carbonyl (C=O) groups is 2. The zero-order valence-electron chi connectivity index (χ0n) is 31.8. The molecular formula is C41H73O8P. The molecule has 0 bridgehead atoms. The minimum Gasteiger partial charge on any atom is -0.462 e. The molecule has 0 aromatic heterocycles. The van der Waals surface area contributed by atoms with Gasteiger partial charge in [-0.3, -0.25) is 14.1 Å². The quantitative estimate of drug-likeness (QED) is 0.0215. The number of rotatable bonds is 36. The standard InChI is InChI=1S/C41H73O8P/c1-3-5-7-9-11-13-15-17-18-19-20-21-22-24-25-27-29-31-33-35-40(42)47-37-39(38-48-50(44,45)46)49-41(43)36-34-32-30-28-26-23-16-14-12-10-8-6-4-2/h11,13,15,17,23,26,30,32,39H,3-10,12,14,16,18-22,24-25,27-29,31,33-38H2,1-2H3,(H2,44,45,46)/b13-11+,17-15+,26-23+,32-30+. The molecule has 0 aliphatic carbocycles. The summed E-state index contributed by atoms with van der Waals surface area (Å²) in [4.78, 5) is 42.7. The molecule has 1 atom stereocenters. The second kappa shape index (κ2) is 36.8. The summed E-state index contributed by atoms with van der Waals surface area (Å²) in [6.45, 7) is 3.59. The lowest BCUT2D eigenvalue weighted by molar-refractivity contribution is -0.161. The van der Waals surface area contributed by atoms with Crippen LogP contribution < -0.4 is 0 Å². The summed E-state index contributed by atoms with van der Waals surface area (Å²) in [6, 6.07) is 0. The highest BCUT2D eigenvalue weighted by Gasteiger charge is 2.22. The minimum absolute atomic E-state index is 0.104. The van der Waals surface area contributed by atoms with Crippen LogP contribution >= 0.6 is 7.82 Å². The van der Waals surface area contributed by atoms with Crippen molar-refractivity contribution < 1.29 is 37.9 Å². The van der Waals surface area contributed by atoms with Gasteiger partial charge in [-0.2, -0.15) is 0 Å². The van der Waals surface area contributed by atoms with Gasteiger partial charge in [-0.05, 0) is 57.8 Å². The second-order valence-corrected chi connectivity index (χ2v) is 14.5. The molecule has 0 saturated carbocycles. The molecule has 8 nitrogen and oxygen atoms in total. The lowest BCUT2D eigenvalue weighted by Crippen LogP contribution is -2.29. The van der Waals surface area contributed by atoms with E-state index in [1.165, 1.54) is 103 Å². The van der Waals surface area contributed by atoms with Crippen LogP contribution in [0, 0.1) is 0 Å². The molecule has 0 aromatic rings. The van der Waals surface area contributed by atoms with E-state index in [0.717, 1.165) is 38.5 Å². The lowest BCUT2D eigenvalue weighted by Gasteiger charge is -2.18. The Morgan fingerprint density at radius 1 is 0.540 bits per heavy atom. The first-order valence-corrected chi connectivity index (χ1v) is 21.5. The van der Waals surface area contributed by atoms with Crippen molar-refractivity contribution in [3.05, 3.63) is 48.6 Å². The van der Waals surface area contributed by atoms with Gasteiger partial charge in [0.15, 0.2) is 6.10 Å². The first-order valence-electron chi connectivity index (χ1n) is 19.9. The zero-order chi connectivity index (χ0) is 36.8. The summed E-state index contributed by atoms with van der Waals surface area (Å²) in [5.41, 5.74) is 0. The molecule has 0 radical (unpaired) electrons. The molecule has 0 aliphatic heterocycles.